The van der Waals surface area contributed by atoms with Crippen LogP contribution in [-0.2, 0) is 6.42 Å². The van der Waals surface area contributed by atoms with Crippen molar-refractivity contribution in [3.05, 3.63) is 50.3 Å². The largest absolute Gasteiger partial charge is 0.324 e. The van der Waals surface area contributed by atoms with Gasteiger partial charge in [0.15, 0.2) is 0 Å². The minimum Gasteiger partial charge on any atom is -0.324 e. The Kier molecular flexibility index (Phi) is 4.86. The van der Waals surface area contributed by atoms with Gasteiger partial charge >= 0.3 is 0 Å². The fourth-order valence-electron chi connectivity index (χ4n) is 1.86. The van der Waals surface area contributed by atoms with Crippen LogP contribution in [0.25, 0.3) is 0 Å². The van der Waals surface area contributed by atoms with Crippen LogP contribution >= 0.6 is 34.2 Å². The molecular formula is C14H17ClIN3. The van der Waals surface area contributed by atoms with Crippen LogP contribution in [0.4, 0.5) is 0 Å². The molecule has 0 bridgehead atoms. The van der Waals surface area contributed by atoms with Crippen molar-refractivity contribution in [2.75, 3.05) is 0 Å². The van der Waals surface area contributed by atoms with Crippen molar-refractivity contribution in [1.82, 2.24) is 9.78 Å². The highest BCUT2D eigenvalue weighted by molar-refractivity contribution is 14.1. The van der Waals surface area contributed by atoms with Crippen molar-refractivity contribution in [1.29, 1.82) is 0 Å². The molecule has 1 aromatic heterocycles. The molecule has 1 heterocycles. The minimum atomic E-state index is -0.0787. The summed E-state index contributed by atoms with van der Waals surface area (Å²) in [7, 11) is 0. The van der Waals surface area contributed by atoms with E-state index < -0.39 is 0 Å². The number of rotatable bonds is 4. The summed E-state index contributed by atoms with van der Waals surface area (Å²) in [6.07, 6.45) is 2.71. The van der Waals surface area contributed by atoms with Gasteiger partial charge in [-0.2, -0.15) is 5.10 Å². The summed E-state index contributed by atoms with van der Waals surface area (Å²) < 4.78 is 2.99. The van der Waals surface area contributed by atoms with Crippen molar-refractivity contribution in [2.45, 2.75) is 32.4 Å². The zero-order chi connectivity index (χ0) is 14.0. The van der Waals surface area contributed by atoms with Crippen LogP contribution in [0.1, 0.15) is 37.2 Å². The molecule has 0 aliphatic heterocycles. The van der Waals surface area contributed by atoms with Crippen molar-refractivity contribution in [3.63, 3.8) is 0 Å². The van der Waals surface area contributed by atoms with Gasteiger partial charge in [0.05, 0.1) is 10.7 Å². The van der Waals surface area contributed by atoms with Gasteiger partial charge in [-0.3, -0.25) is 4.68 Å². The molecule has 0 saturated carbocycles. The number of nitrogens with two attached hydrogens (primary N) is 1. The Bertz CT molecular complexity index is 566. The molecule has 1 aromatic carbocycles. The molecule has 2 aromatic rings. The monoisotopic (exact) mass is 389 g/mol. The van der Waals surface area contributed by atoms with Crippen LogP contribution in [0.2, 0.25) is 5.02 Å². The lowest BCUT2D eigenvalue weighted by Gasteiger charge is -2.11. The molecule has 0 spiro atoms. The van der Waals surface area contributed by atoms with E-state index in [1.807, 2.05) is 35.1 Å². The highest BCUT2D eigenvalue weighted by atomic mass is 127. The van der Waals surface area contributed by atoms with E-state index in [0.717, 1.165) is 26.3 Å². The maximum Gasteiger partial charge on any atom is 0.0643 e. The summed E-state index contributed by atoms with van der Waals surface area (Å²) in [5.41, 5.74) is 8.28. The maximum absolute atomic E-state index is 6.22. The topological polar surface area (TPSA) is 43.8 Å². The van der Waals surface area contributed by atoms with E-state index in [1.165, 1.54) is 0 Å². The van der Waals surface area contributed by atoms with Gasteiger partial charge in [0, 0.05) is 28.3 Å². The van der Waals surface area contributed by atoms with Crippen LogP contribution in [0, 0.1) is 3.57 Å². The van der Waals surface area contributed by atoms with Crippen LogP contribution < -0.4 is 5.73 Å². The Labute approximate surface area is 132 Å². The van der Waals surface area contributed by atoms with Crippen molar-refractivity contribution in [2.24, 2.45) is 5.73 Å². The Balaban J connectivity index is 2.11. The van der Waals surface area contributed by atoms with Gasteiger partial charge in [-0.15, -0.1) is 0 Å². The number of benzene rings is 1. The van der Waals surface area contributed by atoms with E-state index in [9.17, 15) is 0 Å². The van der Waals surface area contributed by atoms with Gasteiger partial charge < -0.3 is 5.73 Å². The molecule has 1 unspecified atom stereocenters. The maximum atomic E-state index is 6.22. The SMILES string of the molecule is CC(C)n1ccc(CC(N)c2ccc(I)c(Cl)c2)n1. The molecule has 0 amide bonds. The van der Waals surface area contributed by atoms with E-state index >= 15 is 0 Å². The predicted octanol–water partition coefficient (Wildman–Crippen LogP) is 3.96. The first kappa shape index (κ1) is 14.8. The fourth-order valence-corrected chi connectivity index (χ4v) is 2.38. The number of halogens is 2. The number of hydrogen-bond donors (Lipinski definition) is 1. The standard InChI is InChI=1S/C14H17ClIN3/c1-9(2)19-6-5-11(18-19)8-14(17)10-3-4-13(16)12(15)7-10/h3-7,9,14H,8,17H2,1-2H3. The molecule has 0 saturated heterocycles. The second-order valence-electron chi connectivity index (χ2n) is 4.86. The van der Waals surface area contributed by atoms with Gasteiger partial charge in [0.2, 0.25) is 0 Å². The average molecular weight is 390 g/mol. The van der Waals surface area contributed by atoms with Gasteiger partial charge in [-0.25, -0.2) is 0 Å². The zero-order valence-electron chi connectivity index (χ0n) is 11.0. The van der Waals surface area contributed by atoms with Gasteiger partial charge in [-0.05, 0) is 60.2 Å². The van der Waals surface area contributed by atoms with E-state index in [2.05, 4.69) is 41.5 Å². The zero-order valence-corrected chi connectivity index (χ0v) is 13.9. The minimum absolute atomic E-state index is 0.0787. The first-order valence-corrected chi connectivity index (χ1v) is 7.67. The van der Waals surface area contributed by atoms with Crippen LogP contribution in [0.15, 0.2) is 30.5 Å². The van der Waals surface area contributed by atoms with E-state index in [0.29, 0.717) is 6.04 Å². The average Bonchev–Trinajstić information content (AvgIpc) is 2.81. The second kappa shape index (κ2) is 6.24. The summed E-state index contributed by atoms with van der Waals surface area (Å²) in [5, 5.41) is 5.27. The third-order valence-corrected chi connectivity index (χ3v) is 4.57. The van der Waals surface area contributed by atoms with E-state index in [1.54, 1.807) is 0 Å². The molecule has 1 atom stereocenters. The van der Waals surface area contributed by atoms with Crippen molar-refractivity contribution < 1.29 is 0 Å². The Morgan fingerprint density at radius 3 is 2.68 bits per heavy atom. The smallest absolute Gasteiger partial charge is 0.0643 e. The van der Waals surface area contributed by atoms with Crippen molar-refractivity contribution >= 4 is 34.2 Å². The van der Waals surface area contributed by atoms with Crippen LogP contribution in [0.5, 0.6) is 0 Å². The third-order valence-electron chi connectivity index (χ3n) is 2.99. The lowest BCUT2D eigenvalue weighted by molar-refractivity contribution is 0.522. The molecule has 0 aliphatic carbocycles. The molecule has 0 fully saturated rings. The summed E-state index contributed by atoms with van der Waals surface area (Å²) in [6, 6.07) is 8.27. The van der Waals surface area contributed by atoms with Crippen LogP contribution in [0.3, 0.4) is 0 Å². The highest BCUT2D eigenvalue weighted by Gasteiger charge is 2.11. The number of nitrogens with zero attached hydrogens (tertiary/aromatic N) is 2. The summed E-state index contributed by atoms with van der Waals surface area (Å²) in [5.74, 6) is 0. The van der Waals surface area contributed by atoms with Gasteiger partial charge in [0.1, 0.15) is 0 Å². The first-order chi connectivity index (χ1) is 8.97. The number of hydrogen-bond acceptors (Lipinski definition) is 2. The fraction of sp³-hybridized carbons (Fsp3) is 0.357. The quantitative estimate of drug-likeness (QED) is 0.804. The van der Waals surface area contributed by atoms with Gasteiger partial charge in [0.25, 0.3) is 0 Å². The second-order valence-corrected chi connectivity index (χ2v) is 6.43. The molecule has 102 valence electrons. The molecule has 3 nitrogen and oxygen atoms in total. The summed E-state index contributed by atoms with van der Waals surface area (Å²) in [6.45, 7) is 4.21. The number of aromatic nitrogens is 2. The van der Waals surface area contributed by atoms with E-state index in [-0.39, 0.29) is 6.04 Å². The highest BCUT2D eigenvalue weighted by Crippen LogP contribution is 2.24. The Morgan fingerprint density at radius 1 is 1.37 bits per heavy atom. The summed E-state index contributed by atoms with van der Waals surface area (Å²) >= 11 is 8.33. The molecule has 0 radical (unpaired) electrons. The predicted molar refractivity (Wildman–Crippen MR) is 87.4 cm³/mol. The lowest BCUT2D eigenvalue weighted by Crippen LogP contribution is -2.14. The molecule has 5 heteroatoms. The Hall–Kier alpha value is -0.590. The normalized spacial score (nSPS) is 12.9. The van der Waals surface area contributed by atoms with Crippen molar-refractivity contribution in [3.8, 4) is 0 Å². The molecule has 19 heavy (non-hydrogen) atoms. The first-order valence-electron chi connectivity index (χ1n) is 6.22. The molecular weight excluding hydrogens is 373 g/mol. The molecule has 0 aliphatic rings. The third kappa shape index (κ3) is 3.70. The lowest BCUT2D eigenvalue weighted by atomic mass is 10.0. The summed E-state index contributed by atoms with van der Waals surface area (Å²) in [4.78, 5) is 0. The Morgan fingerprint density at radius 2 is 2.11 bits per heavy atom. The molecule has 2 N–H and O–H groups in total. The van der Waals surface area contributed by atoms with E-state index in [4.69, 9.17) is 17.3 Å². The molecule has 2 rings (SSSR count). The van der Waals surface area contributed by atoms with Gasteiger partial charge in [-0.1, -0.05) is 17.7 Å². The van der Waals surface area contributed by atoms with Crippen LogP contribution in [-0.4, -0.2) is 9.78 Å².